The average Bonchev–Trinajstić information content (AvgIpc) is 3.30. The Balaban J connectivity index is 1.19. The highest BCUT2D eigenvalue weighted by atomic mass is 16.5. The third-order valence-electron chi connectivity index (χ3n) is 10.1. The predicted molar refractivity (Wildman–Crippen MR) is 253 cm³/mol. The number of methoxy groups -OCH3 is 2. The predicted octanol–water partition coefficient (Wildman–Crippen LogP) is 4.30. The maximum Gasteiger partial charge on any atom is 0.273 e. The zero-order chi connectivity index (χ0) is 49.9. The molecule has 0 aliphatic rings. The SMILES string of the molecule is COc1ccc(NC(C)=O)cc1C(=O)NNC(=O)[C@@H](NC(=O)CCCOc1ccc2ccc(OCCCC(=O)N[C@@H](C(=O)NNC(=O)c3cc(NC(C)=O)ccc3OC)C(C)C)cc2c1)C(C)C. The van der Waals surface area contributed by atoms with Crippen molar-refractivity contribution in [3.8, 4) is 23.0 Å². The molecule has 0 spiro atoms. The number of ether oxygens (including phenoxy) is 4. The molecule has 0 radical (unpaired) electrons. The van der Waals surface area contributed by atoms with E-state index in [4.69, 9.17) is 18.9 Å². The molecule has 0 fully saturated rings. The normalized spacial score (nSPS) is 11.6. The first-order chi connectivity index (χ1) is 32.4. The largest absolute Gasteiger partial charge is 0.496 e. The van der Waals surface area contributed by atoms with Crippen molar-refractivity contribution in [3.63, 3.8) is 0 Å². The average molecular weight is 941 g/mol. The van der Waals surface area contributed by atoms with Gasteiger partial charge in [0, 0.05) is 38.1 Å². The molecule has 2 atom stereocenters. The molecule has 20 nitrogen and oxygen atoms in total. The van der Waals surface area contributed by atoms with Gasteiger partial charge in [-0.1, -0.05) is 39.8 Å². The van der Waals surface area contributed by atoms with Gasteiger partial charge in [0.2, 0.25) is 23.6 Å². The molecular formula is C48H60N8O12. The number of carbonyl (C=O) groups excluding carboxylic acids is 8. The topological polar surface area (TPSA) is 270 Å². The minimum absolute atomic E-state index is 0.0670. The summed E-state index contributed by atoms with van der Waals surface area (Å²) in [5, 5.41) is 12.4. The van der Waals surface area contributed by atoms with Crippen LogP contribution >= 0.6 is 0 Å². The number of hydrogen-bond acceptors (Lipinski definition) is 12. The summed E-state index contributed by atoms with van der Waals surface area (Å²) in [5.74, 6) is -3.10. The standard InChI is InChI=1S/C48H60N8O12/c1-27(2)43(47(63)55-53-45(61)37-25-33(49-29(5)57)15-19-39(37)65-7)51-41(59)11-9-21-67-35-17-13-31-14-18-36(24-32(31)23-35)68-22-10-12-42(60)52-44(28(3)4)48(64)56-54-46(62)38-26-34(50-30(6)58)16-20-40(38)66-8/h13-20,23-28,43-44H,9-12,21-22H2,1-8H3,(H,49,57)(H,50,58)(H,51,59)(H,52,60)(H,53,61)(H,54,62)(H,55,63)(H,56,64)/t43-,44+. The van der Waals surface area contributed by atoms with Crippen molar-refractivity contribution in [2.24, 2.45) is 11.8 Å². The van der Waals surface area contributed by atoms with Crippen LogP contribution in [0.25, 0.3) is 10.8 Å². The van der Waals surface area contributed by atoms with Crippen molar-refractivity contribution in [2.75, 3.05) is 38.1 Å². The summed E-state index contributed by atoms with van der Waals surface area (Å²) in [5.41, 5.74) is 10.3. The van der Waals surface area contributed by atoms with Crippen LogP contribution in [0, 0.1) is 11.8 Å². The van der Waals surface area contributed by atoms with Gasteiger partial charge in [0.15, 0.2) is 0 Å². The molecule has 0 aliphatic carbocycles. The van der Waals surface area contributed by atoms with Crippen LogP contribution in [0.4, 0.5) is 11.4 Å². The molecule has 4 aromatic rings. The van der Waals surface area contributed by atoms with E-state index in [2.05, 4.69) is 43.0 Å². The van der Waals surface area contributed by atoms with Gasteiger partial charge in [0.25, 0.3) is 23.6 Å². The summed E-state index contributed by atoms with van der Waals surface area (Å²) in [7, 11) is 2.76. The number of fused-ring (bicyclic) bond motifs is 1. The number of anilines is 2. The van der Waals surface area contributed by atoms with Gasteiger partial charge in [0.1, 0.15) is 35.1 Å². The van der Waals surface area contributed by atoms with Crippen molar-refractivity contribution < 1.29 is 57.3 Å². The number of carbonyl (C=O) groups is 8. The van der Waals surface area contributed by atoms with Gasteiger partial charge >= 0.3 is 0 Å². The van der Waals surface area contributed by atoms with Crippen molar-refractivity contribution >= 4 is 69.4 Å². The van der Waals surface area contributed by atoms with Gasteiger partial charge in [-0.15, -0.1) is 0 Å². The van der Waals surface area contributed by atoms with Crippen molar-refractivity contribution in [2.45, 2.75) is 79.3 Å². The third-order valence-corrected chi connectivity index (χ3v) is 10.1. The first-order valence-electron chi connectivity index (χ1n) is 21.9. The van der Waals surface area contributed by atoms with E-state index in [0.29, 0.717) is 35.7 Å². The monoisotopic (exact) mass is 940 g/mol. The van der Waals surface area contributed by atoms with Gasteiger partial charge in [-0.2, -0.15) is 0 Å². The zero-order valence-electron chi connectivity index (χ0n) is 39.4. The molecule has 8 N–H and O–H groups in total. The second-order valence-corrected chi connectivity index (χ2v) is 16.2. The number of benzene rings is 4. The second-order valence-electron chi connectivity index (χ2n) is 16.2. The molecule has 0 heterocycles. The molecule has 20 heteroatoms. The van der Waals surface area contributed by atoms with Gasteiger partial charge < -0.3 is 40.2 Å². The Bertz CT molecular complexity index is 2310. The molecule has 0 aromatic heterocycles. The Kier molecular flexibility index (Phi) is 19.9. The van der Waals surface area contributed by atoms with Gasteiger partial charge in [0.05, 0.1) is 38.6 Å². The van der Waals surface area contributed by atoms with E-state index < -0.39 is 35.7 Å². The summed E-state index contributed by atoms with van der Waals surface area (Å²) in [6.07, 6.45) is 0.829. The zero-order valence-corrected chi connectivity index (χ0v) is 39.4. The molecule has 4 rings (SSSR count). The van der Waals surface area contributed by atoms with Crippen LogP contribution in [0.1, 0.15) is 87.9 Å². The van der Waals surface area contributed by atoms with E-state index in [1.54, 1.807) is 39.8 Å². The van der Waals surface area contributed by atoms with E-state index in [1.807, 2.05) is 36.4 Å². The quantitative estimate of drug-likeness (QED) is 0.0405. The Morgan fingerprint density at radius 2 is 0.897 bits per heavy atom. The summed E-state index contributed by atoms with van der Waals surface area (Å²) >= 11 is 0. The molecule has 0 saturated heterocycles. The first kappa shape index (κ1) is 52.7. The Morgan fingerprint density at radius 3 is 1.25 bits per heavy atom. The number of hydrogen-bond donors (Lipinski definition) is 8. The summed E-state index contributed by atoms with van der Waals surface area (Å²) in [4.78, 5) is 101. The van der Waals surface area contributed by atoms with Gasteiger partial charge in [-0.3, -0.25) is 60.1 Å². The van der Waals surface area contributed by atoms with Crippen LogP contribution in [0.3, 0.4) is 0 Å². The van der Waals surface area contributed by atoms with Crippen LogP contribution in [0.5, 0.6) is 23.0 Å². The fourth-order valence-corrected chi connectivity index (χ4v) is 6.65. The lowest BCUT2D eigenvalue weighted by Crippen LogP contribution is -2.54. The highest BCUT2D eigenvalue weighted by Crippen LogP contribution is 2.27. The number of amides is 8. The maximum atomic E-state index is 13.0. The van der Waals surface area contributed by atoms with E-state index in [9.17, 15) is 38.4 Å². The van der Waals surface area contributed by atoms with E-state index in [-0.39, 0.29) is 84.1 Å². The number of hydrazine groups is 2. The third kappa shape index (κ3) is 16.2. The van der Waals surface area contributed by atoms with E-state index in [0.717, 1.165) is 10.8 Å². The lowest BCUT2D eigenvalue weighted by atomic mass is 10.0. The molecule has 364 valence electrons. The van der Waals surface area contributed by atoms with E-state index >= 15 is 0 Å². The second kappa shape index (κ2) is 25.7. The summed E-state index contributed by atoms with van der Waals surface area (Å²) < 4.78 is 22.3. The van der Waals surface area contributed by atoms with Crippen LogP contribution in [0.2, 0.25) is 0 Å². The van der Waals surface area contributed by atoms with Crippen LogP contribution in [-0.2, 0) is 28.8 Å². The van der Waals surface area contributed by atoms with Gasteiger partial charge in [-0.05, 0) is 96.1 Å². The van der Waals surface area contributed by atoms with Crippen LogP contribution in [0.15, 0.2) is 72.8 Å². The lowest BCUT2D eigenvalue weighted by molar-refractivity contribution is -0.130. The number of rotatable bonds is 22. The van der Waals surface area contributed by atoms with Crippen molar-refractivity contribution in [1.82, 2.24) is 32.3 Å². The highest BCUT2D eigenvalue weighted by Gasteiger charge is 2.27. The van der Waals surface area contributed by atoms with Crippen LogP contribution < -0.4 is 61.9 Å². The minimum Gasteiger partial charge on any atom is -0.496 e. The van der Waals surface area contributed by atoms with Crippen molar-refractivity contribution in [3.05, 3.63) is 83.9 Å². The highest BCUT2D eigenvalue weighted by molar-refractivity contribution is 6.01. The lowest BCUT2D eigenvalue weighted by Gasteiger charge is -2.22. The minimum atomic E-state index is -0.954. The smallest absolute Gasteiger partial charge is 0.273 e. The Morgan fingerprint density at radius 1 is 0.500 bits per heavy atom. The first-order valence-corrected chi connectivity index (χ1v) is 21.9. The van der Waals surface area contributed by atoms with E-state index in [1.165, 1.54) is 52.3 Å². The summed E-state index contributed by atoms with van der Waals surface area (Å²) in [6, 6.07) is 18.1. The molecule has 68 heavy (non-hydrogen) atoms. The maximum absolute atomic E-state index is 13.0. The molecule has 0 aliphatic heterocycles. The Labute approximate surface area is 394 Å². The molecule has 0 unspecified atom stereocenters. The Hall–Kier alpha value is -7.90. The molecule has 4 aromatic carbocycles. The summed E-state index contributed by atoms with van der Waals surface area (Å²) in [6.45, 7) is 10.1. The fourth-order valence-electron chi connectivity index (χ4n) is 6.65. The molecule has 0 saturated carbocycles. The molecule has 0 bridgehead atoms. The number of nitrogens with one attached hydrogen (secondary N) is 8. The van der Waals surface area contributed by atoms with Gasteiger partial charge in [-0.25, -0.2) is 0 Å². The molecular weight excluding hydrogens is 881 g/mol. The fraction of sp³-hybridized carbons (Fsp3) is 0.375. The van der Waals surface area contributed by atoms with Crippen molar-refractivity contribution in [1.29, 1.82) is 0 Å². The molecule has 8 amide bonds. The van der Waals surface area contributed by atoms with Crippen LogP contribution in [-0.4, -0.2) is 86.8 Å².